The van der Waals surface area contributed by atoms with Crippen LogP contribution in [0.1, 0.15) is 35.9 Å². The Kier molecular flexibility index (Phi) is 6.61. The van der Waals surface area contributed by atoms with Gasteiger partial charge in [0, 0.05) is 29.8 Å². The predicted octanol–water partition coefficient (Wildman–Crippen LogP) is 4.63. The van der Waals surface area contributed by atoms with Crippen molar-refractivity contribution in [2.24, 2.45) is 0 Å². The molecule has 1 heterocycles. The van der Waals surface area contributed by atoms with Gasteiger partial charge in [-0.25, -0.2) is 4.39 Å². The van der Waals surface area contributed by atoms with E-state index in [1.165, 1.54) is 23.5 Å². The lowest BCUT2D eigenvalue weighted by Crippen LogP contribution is -2.24. The molecular formula is C16H19ClFNO2S. The number of carbonyl (C=O) groups excluding carboxylic acids is 1. The third-order valence-electron chi connectivity index (χ3n) is 3.19. The SMILES string of the molecule is CCCCOCCCNC(=O)c1sc2cc(F)ccc2c1Cl. The molecule has 0 radical (unpaired) electrons. The summed E-state index contributed by atoms with van der Waals surface area (Å²) in [7, 11) is 0. The Hall–Kier alpha value is -1.17. The summed E-state index contributed by atoms with van der Waals surface area (Å²) in [5, 5.41) is 3.91. The molecule has 0 bridgehead atoms. The number of hydrogen-bond donors (Lipinski definition) is 1. The van der Waals surface area contributed by atoms with Crippen LogP contribution in [0.25, 0.3) is 10.1 Å². The fourth-order valence-electron chi connectivity index (χ4n) is 1.99. The summed E-state index contributed by atoms with van der Waals surface area (Å²) in [5.41, 5.74) is 0. The zero-order valence-corrected chi connectivity index (χ0v) is 14.0. The Balaban J connectivity index is 1.86. The minimum atomic E-state index is -0.332. The zero-order chi connectivity index (χ0) is 15.9. The molecule has 0 saturated heterocycles. The van der Waals surface area contributed by atoms with Crippen LogP contribution in [0, 0.1) is 5.82 Å². The summed E-state index contributed by atoms with van der Waals surface area (Å²) in [6, 6.07) is 4.34. The Labute approximate surface area is 138 Å². The number of halogens is 2. The molecule has 120 valence electrons. The second kappa shape index (κ2) is 8.46. The Bertz CT molecular complexity index is 644. The number of nitrogens with one attached hydrogen (secondary N) is 1. The number of thiophene rings is 1. The topological polar surface area (TPSA) is 38.3 Å². The molecule has 1 amide bonds. The van der Waals surface area contributed by atoms with Crippen LogP contribution in [-0.4, -0.2) is 25.7 Å². The van der Waals surface area contributed by atoms with Crippen LogP contribution in [0.3, 0.4) is 0 Å². The van der Waals surface area contributed by atoms with Gasteiger partial charge in [-0.15, -0.1) is 11.3 Å². The number of amides is 1. The zero-order valence-electron chi connectivity index (χ0n) is 12.5. The van der Waals surface area contributed by atoms with E-state index in [0.29, 0.717) is 33.1 Å². The van der Waals surface area contributed by atoms with E-state index < -0.39 is 0 Å². The van der Waals surface area contributed by atoms with Crippen molar-refractivity contribution in [3.8, 4) is 0 Å². The molecule has 0 fully saturated rings. The summed E-state index contributed by atoms with van der Waals surface area (Å²) in [6.07, 6.45) is 2.93. The first kappa shape index (κ1) is 17.2. The smallest absolute Gasteiger partial charge is 0.262 e. The summed E-state index contributed by atoms with van der Waals surface area (Å²) < 4.78 is 19.3. The first-order valence-corrected chi connectivity index (χ1v) is 8.56. The van der Waals surface area contributed by atoms with Crippen LogP contribution in [0.4, 0.5) is 4.39 Å². The van der Waals surface area contributed by atoms with Gasteiger partial charge in [-0.1, -0.05) is 24.9 Å². The van der Waals surface area contributed by atoms with Crippen molar-refractivity contribution in [1.29, 1.82) is 0 Å². The summed E-state index contributed by atoms with van der Waals surface area (Å²) in [6.45, 7) is 4.04. The number of unbranched alkanes of at least 4 members (excludes halogenated alkanes) is 1. The van der Waals surface area contributed by atoms with Crippen molar-refractivity contribution >= 4 is 38.9 Å². The molecule has 0 saturated carbocycles. The third-order valence-corrected chi connectivity index (χ3v) is 4.85. The highest BCUT2D eigenvalue weighted by molar-refractivity contribution is 7.21. The van der Waals surface area contributed by atoms with Crippen LogP contribution in [-0.2, 0) is 4.74 Å². The first-order valence-electron chi connectivity index (χ1n) is 7.37. The molecule has 1 aromatic carbocycles. The quantitative estimate of drug-likeness (QED) is 0.710. The van der Waals surface area contributed by atoms with E-state index >= 15 is 0 Å². The van der Waals surface area contributed by atoms with Gasteiger partial charge in [0.1, 0.15) is 10.7 Å². The van der Waals surface area contributed by atoms with Gasteiger partial charge >= 0.3 is 0 Å². The van der Waals surface area contributed by atoms with Gasteiger partial charge in [0.15, 0.2) is 0 Å². The highest BCUT2D eigenvalue weighted by atomic mass is 35.5. The second-order valence-corrected chi connectivity index (χ2v) is 6.39. The summed E-state index contributed by atoms with van der Waals surface area (Å²) >= 11 is 7.41. The van der Waals surface area contributed by atoms with E-state index in [2.05, 4.69) is 12.2 Å². The van der Waals surface area contributed by atoms with E-state index in [-0.39, 0.29) is 11.7 Å². The predicted molar refractivity (Wildman–Crippen MR) is 89.5 cm³/mol. The number of rotatable bonds is 8. The average Bonchev–Trinajstić information content (AvgIpc) is 2.82. The molecule has 2 rings (SSSR count). The minimum absolute atomic E-state index is 0.222. The van der Waals surface area contributed by atoms with Crippen LogP contribution in [0.2, 0.25) is 5.02 Å². The van der Waals surface area contributed by atoms with Crippen molar-refractivity contribution in [3.05, 3.63) is 33.9 Å². The molecule has 2 aromatic rings. The van der Waals surface area contributed by atoms with Gasteiger partial charge in [-0.2, -0.15) is 0 Å². The van der Waals surface area contributed by atoms with Gasteiger partial charge in [-0.3, -0.25) is 4.79 Å². The fourth-order valence-corrected chi connectivity index (χ4v) is 3.45. The molecular weight excluding hydrogens is 325 g/mol. The number of fused-ring (bicyclic) bond motifs is 1. The molecule has 0 aliphatic carbocycles. The number of ether oxygens (including phenoxy) is 1. The Morgan fingerprint density at radius 1 is 1.36 bits per heavy atom. The van der Waals surface area contributed by atoms with Gasteiger partial charge in [0.05, 0.1) is 5.02 Å². The maximum absolute atomic E-state index is 13.2. The highest BCUT2D eigenvalue weighted by Gasteiger charge is 2.17. The Morgan fingerprint density at radius 2 is 2.14 bits per heavy atom. The third kappa shape index (κ3) is 4.41. The van der Waals surface area contributed by atoms with Gasteiger partial charge < -0.3 is 10.1 Å². The number of benzene rings is 1. The molecule has 1 aromatic heterocycles. The lowest BCUT2D eigenvalue weighted by atomic mass is 10.2. The van der Waals surface area contributed by atoms with E-state index in [0.717, 1.165) is 25.9 Å². The van der Waals surface area contributed by atoms with Gasteiger partial charge in [-0.05, 0) is 31.0 Å². The lowest BCUT2D eigenvalue weighted by molar-refractivity contribution is 0.0944. The van der Waals surface area contributed by atoms with Crippen LogP contribution < -0.4 is 5.32 Å². The number of hydrogen-bond acceptors (Lipinski definition) is 3. The van der Waals surface area contributed by atoms with Crippen molar-refractivity contribution < 1.29 is 13.9 Å². The highest BCUT2D eigenvalue weighted by Crippen LogP contribution is 2.35. The largest absolute Gasteiger partial charge is 0.381 e. The molecule has 0 spiro atoms. The molecule has 1 N–H and O–H groups in total. The van der Waals surface area contributed by atoms with E-state index in [1.54, 1.807) is 6.07 Å². The van der Waals surface area contributed by atoms with Crippen LogP contribution in [0.15, 0.2) is 18.2 Å². The molecule has 0 aliphatic heterocycles. The maximum atomic E-state index is 13.2. The second-order valence-electron chi connectivity index (χ2n) is 4.96. The number of carbonyl (C=O) groups is 1. The normalized spacial score (nSPS) is 11.0. The standard InChI is InChI=1S/C16H19ClFNO2S/c1-2-3-8-21-9-4-7-19-16(20)15-14(17)12-6-5-11(18)10-13(12)22-15/h5-6,10H,2-4,7-9H2,1H3,(H,19,20). The average molecular weight is 344 g/mol. The maximum Gasteiger partial charge on any atom is 0.262 e. The van der Waals surface area contributed by atoms with Crippen LogP contribution >= 0.6 is 22.9 Å². The molecule has 0 aliphatic rings. The lowest BCUT2D eigenvalue weighted by Gasteiger charge is -2.05. The van der Waals surface area contributed by atoms with E-state index in [4.69, 9.17) is 16.3 Å². The molecule has 0 atom stereocenters. The molecule has 3 nitrogen and oxygen atoms in total. The van der Waals surface area contributed by atoms with Crippen molar-refractivity contribution in [2.75, 3.05) is 19.8 Å². The minimum Gasteiger partial charge on any atom is -0.381 e. The molecule has 0 unspecified atom stereocenters. The fraction of sp³-hybridized carbons (Fsp3) is 0.438. The van der Waals surface area contributed by atoms with E-state index in [1.807, 2.05) is 0 Å². The monoisotopic (exact) mass is 343 g/mol. The molecule has 6 heteroatoms. The van der Waals surface area contributed by atoms with Crippen molar-refractivity contribution in [1.82, 2.24) is 5.32 Å². The van der Waals surface area contributed by atoms with Crippen molar-refractivity contribution in [3.63, 3.8) is 0 Å². The molecule has 22 heavy (non-hydrogen) atoms. The summed E-state index contributed by atoms with van der Waals surface area (Å²) in [5.74, 6) is -0.554. The summed E-state index contributed by atoms with van der Waals surface area (Å²) in [4.78, 5) is 12.6. The Morgan fingerprint density at radius 3 is 2.91 bits per heavy atom. The van der Waals surface area contributed by atoms with E-state index in [9.17, 15) is 9.18 Å². The van der Waals surface area contributed by atoms with Crippen molar-refractivity contribution in [2.45, 2.75) is 26.2 Å². The van der Waals surface area contributed by atoms with Crippen LogP contribution in [0.5, 0.6) is 0 Å². The first-order chi connectivity index (χ1) is 10.6. The van der Waals surface area contributed by atoms with Gasteiger partial charge in [0.2, 0.25) is 0 Å². The van der Waals surface area contributed by atoms with Gasteiger partial charge in [0.25, 0.3) is 5.91 Å².